The number of β-lactam (4-membered cyclic amide) rings is 1. The lowest BCUT2D eigenvalue weighted by Crippen LogP contribution is -2.91. The highest BCUT2D eigenvalue weighted by Crippen LogP contribution is 2.58. The summed E-state index contributed by atoms with van der Waals surface area (Å²) < 4.78 is 10.0. The highest BCUT2D eigenvalue weighted by molar-refractivity contribution is 8.77. The van der Waals surface area contributed by atoms with Crippen LogP contribution in [0.2, 0.25) is 0 Å². The highest BCUT2D eigenvalue weighted by Gasteiger charge is 2.75. The lowest BCUT2D eigenvalue weighted by Gasteiger charge is -2.62. The number of rotatable bonds is 12. The van der Waals surface area contributed by atoms with Gasteiger partial charge in [-0.1, -0.05) is 83.8 Å². The second-order valence-electron chi connectivity index (χ2n) is 8.90. The fourth-order valence-corrected chi connectivity index (χ4v) is 8.87. The van der Waals surface area contributed by atoms with E-state index >= 15 is 0 Å². The lowest BCUT2D eigenvalue weighted by atomic mass is 9.81. The zero-order valence-electron chi connectivity index (χ0n) is 21.8. The Bertz CT molecular complexity index is 1470. The normalized spacial score (nSPS) is 20.0. The number of carbonyl (C=O) groups is 4. The summed E-state index contributed by atoms with van der Waals surface area (Å²) in [7, 11) is 2.24. The fraction of sp³-hybridized carbons (Fsp3) is 0.269. The van der Waals surface area contributed by atoms with Crippen molar-refractivity contribution in [1.29, 1.82) is 0 Å². The number of para-hydroxylation sites is 1. The molecule has 0 saturated carbocycles. The standard InChI is InChI=1S/C26H23Cl3N4O6S3/c1-16(2)26(42-41-23-31-18-10-6-7-11-19(18)40-23)25(30-15-34,32-22(37)39-14-24(27,28)29)21(36)33(26)12-20(35)38-13-17-8-4-3-5-9-17/h3-11,15H,1,12-14H2,2H3,(H,30,34)(H,32,37)/t25-,26?/m0/s1. The van der Waals surface area contributed by atoms with Crippen LogP contribution in [0.15, 0.2) is 71.1 Å². The van der Waals surface area contributed by atoms with Crippen molar-refractivity contribution in [3.63, 3.8) is 0 Å². The molecule has 3 amide bonds. The van der Waals surface area contributed by atoms with Gasteiger partial charge in [0.25, 0.3) is 5.91 Å². The Morgan fingerprint density at radius 2 is 1.83 bits per heavy atom. The number of benzene rings is 2. The number of likely N-dealkylation sites (tertiary alicyclic amines) is 1. The number of amides is 3. The summed E-state index contributed by atoms with van der Waals surface area (Å²) in [6, 6.07) is 16.5. The third kappa shape index (κ3) is 6.76. The number of carbonyl (C=O) groups excluding carboxylic acids is 4. The molecule has 1 aliphatic rings. The van der Waals surface area contributed by atoms with Gasteiger partial charge in [0.15, 0.2) is 9.21 Å². The highest BCUT2D eigenvalue weighted by atomic mass is 35.6. The monoisotopic (exact) mass is 688 g/mol. The molecule has 2 atom stereocenters. The van der Waals surface area contributed by atoms with Crippen molar-refractivity contribution in [2.24, 2.45) is 0 Å². The van der Waals surface area contributed by atoms with Gasteiger partial charge < -0.3 is 19.7 Å². The van der Waals surface area contributed by atoms with Gasteiger partial charge in [0.2, 0.25) is 15.9 Å². The first-order valence-corrected chi connectivity index (χ1v) is 16.1. The molecular formula is C26H23Cl3N4O6S3. The van der Waals surface area contributed by atoms with Gasteiger partial charge in [0, 0.05) is 0 Å². The third-order valence-electron chi connectivity index (χ3n) is 6.00. The number of fused-ring (bicyclic) bond motifs is 1. The van der Waals surface area contributed by atoms with Gasteiger partial charge in [0.1, 0.15) is 19.8 Å². The maximum absolute atomic E-state index is 13.8. The number of alkyl halides is 3. The number of nitrogens with one attached hydrogen (secondary N) is 2. The molecule has 2 aromatic carbocycles. The van der Waals surface area contributed by atoms with E-state index in [0.29, 0.717) is 9.91 Å². The lowest BCUT2D eigenvalue weighted by molar-refractivity contribution is -0.174. The quantitative estimate of drug-likeness (QED) is 0.0487. The number of hydrogen-bond acceptors (Lipinski definition) is 10. The van der Waals surface area contributed by atoms with E-state index in [1.54, 1.807) is 31.2 Å². The van der Waals surface area contributed by atoms with E-state index in [-0.39, 0.29) is 13.0 Å². The molecule has 42 heavy (non-hydrogen) atoms. The van der Waals surface area contributed by atoms with Crippen molar-refractivity contribution < 1.29 is 28.7 Å². The number of nitrogens with zero attached hydrogens (tertiary/aromatic N) is 2. The smallest absolute Gasteiger partial charge is 0.409 e. The van der Waals surface area contributed by atoms with Crippen LogP contribution >= 0.6 is 67.7 Å². The number of alkyl carbamates (subject to hydrolysis) is 1. The van der Waals surface area contributed by atoms with Crippen LogP contribution in [0, 0.1) is 0 Å². The van der Waals surface area contributed by atoms with Crippen molar-refractivity contribution in [2.75, 3.05) is 13.2 Å². The van der Waals surface area contributed by atoms with Gasteiger partial charge in [-0.3, -0.25) is 19.7 Å². The predicted octanol–water partition coefficient (Wildman–Crippen LogP) is 5.43. The molecule has 1 aliphatic heterocycles. The topological polar surface area (TPSA) is 127 Å². The number of thiazole rings is 1. The van der Waals surface area contributed by atoms with E-state index in [9.17, 15) is 19.2 Å². The number of ether oxygens (including phenoxy) is 2. The first-order chi connectivity index (χ1) is 19.9. The van der Waals surface area contributed by atoms with Gasteiger partial charge in [-0.05, 0) is 51.8 Å². The zero-order valence-corrected chi connectivity index (χ0v) is 26.5. The maximum atomic E-state index is 13.8. The average Bonchev–Trinajstić information content (AvgIpc) is 3.37. The van der Waals surface area contributed by atoms with E-state index in [4.69, 9.17) is 44.3 Å². The predicted molar refractivity (Wildman–Crippen MR) is 165 cm³/mol. The fourth-order valence-electron chi connectivity index (χ4n) is 4.21. The summed E-state index contributed by atoms with van der Waals surface area (Å²) in [6.45, 7) is 4.47. The Balaban J connectivity index is 1.65. The molecule has 2 heterocycles. The van der Waals surface area contributed by atoms with E-state index in [1.165, 1.54) is 27.0 Å². The van der Waals surface area contributed by atoms with Crippen molar-refractivity contribution >= 4 is 102 Å². The summed E-state index contributed by atoms with van der Waals surface area (Å²) in [5.74, 6) is -1.54. The van der Waals surface area contributed by atoms with Crippen LogP contribution in [0.3, 0.4) is 0 Å². The summed E-state index contributed by atoms with van der Waals surface area (Å²) >= 11 is 18.5. The summed E-state index contributed by atoms with van der Waals surface area (Å²) in [5.41, 5.74) is -0.290. The summed E-state index contributed by atoms with van der Waals surface area (Å²) in [6.07, 6.45) is -0.912. The number of aromatic nitrogens is 1. The molecular weight excluding hydrogens is 667 g/mol. The second-order valence-corrected chi connectivity index (χ2v) is 15.0. The molecule has 2 N–H and O–H groups in total. The minimum absolute atomic E-state index is 0.0191. The number of hydrogen-bond donors (Lipinski definition) is 2. The van der Waals surface area contributed by atoms with Crippen molar-refractivity contribution in [3.05, 3.63) is 72.3 Å². The third-order valence-corrected chi connectivity index (χ3v) is 10.9. The van der Waals surface area contributed by atoms with Crippen molar-refractivity contribution in [2.45, 2.75) is 32.2 Å². The van der Waals surface area contributed by atoms with Crippen LogP contribution in [0.4, 0.5) is 4.79 Å². The van der Waals surface area contributed by atoms with E-state index in [2.05, 4.69) is 22.2 Å². The Morgan fingerprint density at radius 3 is 2.48 bits per heavy atom. The molecule has 16 heteroatoms. The van der Waals surface area contributed by atoms with Crippen LogP contribution in [0.5, 0.6) is 0 Å². The molecule has 1 aromatic heterocycles. The van der Waals surface area contributed by atoms with Gasteiger partial charge in [0.05, 0.1) is 10.2 Å². The van der Waals surface area contributed by atoms with Gasteiger partial charge in [-0.2, -0.15) is 0 Å². The molecule has 0 spiro atoms. The largest absolute Gasteiger partial charge is 0.459 e. The van der Waals surface area contributed by atoms with E-state index < -0.39 is 45.4 Å². The first kappa shape index (κ1) is 32.2. The average molecular weight is 690 g/mol. The van der Waals surface area contributed by atoms with Crippen molar-refractivity contribution in [3.8, 4) is 0 Å². The second kappa shape index (κ2) is 13.3. The SMILES string of the molecule is C=C(C)C1(SSc2nc3ccccc3s2)N(CC(=O)OCc2ccccc2)C(=O)[C@]1(NC=O)NC(=O)OCC(Cl)(Cl)Cl. The minimum atomic E-state index is -2.13. The molecule has 0 radical (unpaired) electrons. The van der Waals surface area contributed by atoms with Crippen LogP contribution in [-0.4, -0.2) is 61.7 Å². The van der Waals surface area contributed by atoms with Gasteiger partial charge >= 0.3 is 12.1 Å². The molecule has 1 saturated heterocycles. The molecule has 222 valence electrons. The van der Waals surface area contributed by atoms with Crippen LogP contribution in [0.1, 0.15) is 12.5 Å². The van der Waals surface area contributed by atoms with Crippen LogP contribution in [0.25, 0.3) is 10.2 Å². The van der Waals surface area contributed by atoms with Gasteiger partial charge in [-0.15, -0.1) is 11.3 Å². The molecule has 0 bridgehead atoms. The summed E-state index contributed by atoms with van der Waals surface area (Å²) in [5, 5.41) is 4.84. The molecule has 4 rings (SSSR count). The Labute approximate surface area is 267 Å². The number of esters is 1. The van der Waals surface area contributed by atoms with Gasteiger partial charge in [-0.25, -0.2) is 9.78 Å². The zero-order chi connectivity index (χ0) is 30.5. The molecule has 10 nitrogen and oxygen atoms in total. The van der Waals surface area contributed by atoms with Crippen LogP contribution in [-0.2, 0) is 30.5 Å². The molecule has 3 aromatic rings. The minimum Gasteiger partial charge on any atom is -0.459 e. The number of halogens is 3. The molecule has 1 fully saturated rings. The van der Waals surface area contributed by atoms with E-state index in [1.807, 2.05) is 30.3 Å². The Kier molecular flexibility index (Phi) is 10.2. The van der Waals surface area contributed by atoms with E-state index in [0.717, 1.165) is 26.6 Å². The Hall–Kier alpha value is -2.68. The molecule has 1 unspecified atom stereocenters. The summed E-state index contributed by atoms with van der Waals surface area (Å²) in [4.78, 5) is 55.6. The van der Waals surface area contributed by atoms with Crippen LogP contribution < -0.4 is 10.6 Å². The van der Waals surface area contributed by atoms with Crippen molar-refractivity contribution in [1.82, 2.24) is 20.5 Å². The maximum Gasteiger partial charge on any atom is 0.409 e. The Morgan fingerprint density at radius 1 is 1.14 bits per heavy atom. The molecule has 0 aliphatic carbocycles. The first-order valence-electron chi connectivity index (χ1n) is 12.0.